The fourth-order valence-corrected chi connectivity index (χ4v) is 4.45. The Morgan fingerprint density at radius 2 is 1.81 bits per heavy atom. The summed E-state index contributed by atoms with van der Waals surface area (Å²) in [4.78, 5) is 53.7. The maximum absolute atomic E-state index is 14.1. The quantitative estimate of drug-likeness (QED) is 0.390. The molecule has 1 fully saturated rings. The summed E-state index contributed by atoms with van der Waals surface area (Å²) in [6.07, 6.45) is 1.58. The summed E-state index contributed by atoms with van der Waals surface area (Å²) in [6, 6.07) is 5.33. The summed E-state index contributed by atoms with van der Waals surface area (Å²) < 4.78 is 5.37. The molecule has 0 heterocycles. The monoisotopic (exact) mass is 516 g/mol. The van der Waals surface area contributed by atoms with E-state index >= 15 is 0 Å². The number of rotatable bonds is 12. The third-order valence-electron chi connectivity index (χ3n) is 6.34. The van der Waals surface area contributed by atoms with Crippen molar-refractivity contribution in [2.24, 2.45) is 11.7 Å². The van der Waals surface area contributed by atoms with E-state index in [0.29, 0.717) is 5.56 Å². The van der Waals surface area contributed by atoms with Crippen LogP contribution in [0.3, 0.4) is 0 Å². The summed E-state index contributed by atoms with van der Waals surface area (Å²) in [5.41, 5.74) is 6.26. The molecule has 0 aromatic heterocycles. The van der Waals surface area contributed by atoms with Crippen molar-refractivity contribution in [2.75, 3.05) is 0 Å². The van der Waals surface area contributed by atoms with E-state index in [0.717, 1.165) is 24.8 Å². The normalized spacial score (nSPS) is 19.2. The molecule has 1 aliphatic rings. The summed E-state index contributed by atoms with van der Waals surface area (Å²) >= 11 is 0. The second kappa shape index (κ2) is 12.9. The van der Waals surface area contributed by atoms with Crippen molar-refractivity contribution in [3.8, 4) is 0 Å². The van der Waals surface area contributed by atoms with E-state index in [2.05, 4.69) is 10.6 Å². The maximum Gasteiger partial charge on any atom is 0.408 e. The van der Waals surface area contributed by atoms with Gasteiger partial charge in [0.2, 0.25) is 17.7 Å². The van der Waals surface area contributed by atoms with Crippen LogP contribution in [0.15, 0.2) is 24.3 Å². The fourth-order valence-electron chi connectivity index (χ4n) is 4.45. The van der Waals surface area contributed by atoms with Crippen molar-refractivity contribution in [2.45, 2.75) is 110 Å². The number of nitrogens with one attached hydrogen (secondary N) is 2. The first kappa shape index (κ1) is 30.1. The van der Waals surface area contributed by atoms with Gasteiger partial charge in [-0.15, -0.1) is 0 Å². The highest BCUT2D eigenvalue weighted by molar-refractivity contribution is 5.93. The molecule has 4 N–H and O–H groups in total. The molecule has 9 heteroatoms. The number of hydrogen-bond acceptors (Lipinski definition) is 5. The third kappa shape index (κ3) is 9.37. The molecule has 4 amide bonds. The third-order valence-corrected chi connectivity index (χ3v) is 6.34. The van der Waals surface area contributed by atoms with Crippen LogP contribution < -0.4 is 16.4 Å². The Kier molecular flexibility index (Phi) is 10.5. The zero-order valence-electron chi connectivity index (χ0n) is 23.3. The number of primary amides is 1. The van der Waals surface area contributed by atoms with Gasteiger partial charge < -0.3 is 26.0 Å². The Morgan fingerprint density at radius 1 is 1.16 bits per heavy atom. The molecule has 1 saturated carbocycles. The van der Waals surface area contributed by atoms with Gasteiger partial charge in [-0.25, -0.2) is 4.79 Å². The van der Waals surface area contributed by atoms with Crippen LogP contribution in [0.4, 0.5) is 4.79 Å². The lowest BCUT2D eigenvalue weighted by molar-refractivity contribution is -0.144. The van der Waals surface area contributed by atoms with E-state index in [1.165, 1.54) is 0 Å². The minimum Gasteiger partial charge on any atom is -0.444 e. The lowest BCUT2D eigenvalue weighted by Crippen LogP contribution is -2.54. The van der Waals surface area contributed by atoms with Crippen molar-refractivity contribution >= 4 is 23.8 Å². The molecule has 5 unspecified atom stereocenters. The summed E-state index contributed by atoms with van der Waals surface area (Å²) in [5.74, 6) is -1.11. The maximum atomic E-state index is 14.1. The minimum absolute atomic E-state index is 0.000591. The molecule has 0 spiro atoms. The lowest BCUT2D eigenvalue weighted by atomic mass is 9.99. The zero-order chi connectivity index (χ0) is 27.9. The summed E-state index contributed by atoms with van der Waals surface area (Å²) in [5, 5.41) is 5.71. The lowest BCUT2D eigenvalue weighted by Gasteiger charge is -2.35. The van der Waals surface area contributed by atoms with Gasteiger partial charge >= 0.3 is 6.09 Å². The largest absolute Gasteiger partial charge is 0.444 e. The summed E-state index contributed by atoms with van der Waals surface area (Å²) in [6.45, 7) is 13.1. The van der Waals surface area contributed by atoms with Crippen molar-refractivity contribution in [1.82, 2.24) is 15.5 Å². The minimum atomic E-state index is -1.08. The van der Waals surface area contributed by atoms with Crippen molar-refractivity contribution in [3.05, 3.63) is 35.4 Å². The van der Waals surface area contributed by atoms with Gasteiger partial charge in [0.15, 0.2) is 0 Å². The number of benzene rings is 1. The molecule has 1 aromatic carbocycles. The van der Waals surface area contributed by atoms with Crippen molar-refractivity contribution < 1.29 is 23.9 Å². The number of carbonyl (C=O) groups is 4. The molecule has 0 bridgehead atoms. The topological polar surface area (TPSA) is 131 Å². The molecular formula is C28H44N4O5. The Bertz CT molecular complexity index is 974. The van der Waals surface area contributed by atoms with Crippen LogP contribution in [0, 0.1) is 12.8 Å². The smallest absolute Gasteiger partial charge is 0.408 e. The first-order valence-corrected chi connectivity index (χ1v) is 13.2. The van der Waals surface area contributed by atoms with Gasteiger partial charge in [0, 0.05) is 18.5 Å². The number of alkyl carbamates (subject to hydrolysis) is 1. The van der Waals surface area contributed by atoms with Crippen LogP contribution >= 0.6 is 0 Å². The fraction of sp³-hybridized carbons (Fsp3) is 0.643. The molecule has 5 atom stereocenters. The van der Waals surface area contributed by atoms with E-state index in [1.54, 1.807) is 25.7 Å². The number of nitrogens with two attached hydrogens (primary N) is 1. The van der Waals surface area contributed by atoms with Crippen LogP contribution in [-0.4, -0.2) is 52.4 Å². The average molecular weight is 517 g/mol. The predicted octanol–water partition coefficient (Wildman–Crippen LogP) is 3.74. The van der Waals surface area contributed by atoms with E-state index in [4.69, 9.17) is 10.5 Å². The number of aryl methyl sites for hydroxylation is 1. The van der Waals surface area contributed by atoms with Crippen molar-refractivity contribution in [1.29, 1.82) is 0 Å². The predicted molar refractivity (Wildman–Crippen MR) is 142 cm³/mol. The highest BCUT2D eigenvalue weighted by Crippen LogP contribution is 2.41. The Hall–Kier alpha value is -3.10. The van der Waals surface area contributed by atoms with Crippen LogP contribution in [0.5, 0.6) is 0 Å². The van der Waals surface area contributed by atoms with Gasteiger partial charge in [-0.1, -0.05) is 50.1 Å². The Labute approximate surface area is 220 Å². The number of amides is 4. The second-order valence-electron chi connectivity index (χ2n) is 11.2. The highest BCUT2D eigenvalue weighted by atomic mass is 16.6. The average Bonchev–Trinajstić information content (AvgIpc) is 3.48. The van der Waals surface area contributed by atoms with Crippen LogP contribution in [-0.2, 0) is 19.1 Å². The van der Waals surface area contributed by atoms with E-state index in [1.807, 2.05) is 52.0 Å². The molecule has 0 saturated heterocycles. The Morgan fingerprint density at radius 3 is 2.32 bits per heavy atom. The molecular weight excluding hydrogens is 472 g/mol. The van der Waals surface area contributed by atoms with Gasteiger partial charge in [0.1, 0.15) is 17.7 Å². The molecule has 1 aromatic rings. The number of carbonyl (C=O) groups excluding carboxylic acids is 4. The van der Waals surface area contributed by atoms with Gasteiger partial charge in [-0.3, -0.25) is 14.4 Å². The molecule has 9 nitrogen and oxygen atoms in total. The van der Waals surface area contributed by atoms with Crippen molar-refractivity contribution in [3.63, 3.8) is 0 Å². The zero-order valence-corrected chi connectivity index (χ0v) is 23.3. The van der Waals surface area contributed by atoms with Gasteiger partial charge in [0.05, 0.1) is 0 Å². The molecule has 1 aliphatic carbocycles. The first-order chi connectivity index (χ1) is 17.2. The molecule has 0 aliphatic heterocycles. The van der Waals surface area contributed by atoms with Gasteiger partial charge in [0.25, 0.3) is 0 Å². The second-order valence-corrected chi connectivity index (χ2v) is 11.2. The number of ether oxygens (including phenoxy) is 1. The number of hydrogen-bond donors (Lipinski definition) is 3. The van der Waals surface area contributed by atoms with Crippen LogP contribution in [0.2, 0.25) is 0 Å². The molecule has 0 radical (unpaired) electrons. The standard InChI is InChI=1S/C28H44N4O5/c1-8-10-19(4)30-25(34)24(20-12-9-11-17(2)15-20)32(22-16-18(22)3)26(35)21(13-14-23(29)33)31-27(36)37-28(5,6)7/h9,11-12,15,18-19,21-22,24H,8,10,13-14,16H2,1-7H3,(H2,29,33)(H,30,34)(H,31,36). The van der Waals surface area contributed by atoms with Crippen LogP contribution in [0.1, 0.15) is 90.8 Å². The van der Waals surface area contributed by atoms with Gasteiger partial charge in [-0.05, 0) is 65.4 Å². The first-order valence-electron chi connectivity index (χ1n) is 13.2. The molecule has 206 valence electrons. The van der Waals surface area contributed by atoms with E-state index < -0.39 is 35.6 Å². The van der Waals surface area contributed by atoms with Gasteiger partial charge in [-0.2, -0.15) is 0 Å². The molecule has 37 heavy (non-hydrogen) atoms. The van der Waals surface area contributed by atoms with E-state index in [9.17, 15) is 19.2 Å². The van der Waals surface area contributed by atoms with E-state index in [-0.39, 0.29) is 36.8 Å². The number of nitrogens with zero attached hydrogens (tertiary/aromatic N) is 1. The molecule has 2 rings (SSSR count). The summed E-state index contributed by atoms with van der Waals surface area (Å²) in [7, 11) is 0. The SMILES string of the molecule is CCCC(C)NC(=O)C(c1cccc(C)c1)N(C(=O)C(CCC(N)=O)NC(=O)OC(C)(C)C)C1CC1C. The highest BCUT2D eigenvalue weighted by Gasteiger charge is 2.48. The van der Waals surface area contributed by atoms with Crippen LogP contribution in [0.25, 0.3) is 0 Å². The Balaban J connectivity index is 2.49.